The maximum Gasteiger partial charge on any atom is 0.0233 e. The van der Waals surface area contributed by atoms with E-state index in [2.05, 4.69) is 65.4 Å². The molecule has 0 N–H and O–H groups in total. The summed E-state index contributed by atoms with van der Waals surface area (Å²) in [4.78, 5) is 9.05. The Labute approximate surface area is 164 Å². The van der Waals surface area contributed by atoms with Gasteiger partial charge in [0.25, 0.3) is 0 Å². The van der Waals surface area contributed by atoms with Gasteiger partial charge >= 0.3 is 0 Å². The van der Waals surface area contributed by atoms with Gasteiger partial charge < -0.3 is 14.7 Å². The van der Waals surface area contributed by atoms with Crippen LogP contribution in [-0.2, 0) is 12.8 Å². The van der Waals surface area contributed by atoms with Crippen LogP contribution in [0.5, 0.6) is 0 Å². The van der Waals surface area contributed by atoms with Gasteiger partial charge in [-0.15, -0.1) is 0 Å². The van der Waals surface area contributed by atoms with E-state index in [0.717, 1.165) is 0 Å². The van der Waals surface area contributed by atoms with Crippen molar-refractivity contribution >= 4 is 11.9 Å². The Morgan fingerprint density at radius 3 is 2.58 bits per heavy atom. The number of aryl methyl sites for hydroxylation is 1. The van der Waals surface area contributed by atoms with Crippen LogP contribution < -0.4 is 0 Å². The Balaban J connectivity index is 1.46. The molecule has 0 amide bonds. The molecule has 1 aliphatic carbocycles. The molecule has 5 heteroatoms. The minimum atomic E-state index is 0.703. The maximum atomic E-state index is 2.63. The van der Waals surface area contributed by atoms with Gasteiger partial charge in [-0.3, -0.25) is 4.31 Å². The van der Waals surface area contributed by atoms with Crippen molar-refractivity contribution in [1.82, 2.24) is 19.0 Å². The Bertz CT molecular complexity index is 569. The molecule has 1 aromatic rings. The van der Waals surface area contributed by atoms with Gasteiger partial charge in [0, 0.05) is 37.1 Å². The van der Waals surface area contributed by atoms with Gasteiger partial charge in [-0.2, -0.15) is 0 Å². The van der Waals surface area contributed by atoms with Gasteiger partial charge in [0.05, 0.1) is 0 Å². The van der Waals surface area contributed by atoms with Gasteiger partial charge in [0.2, 0.25) is 0 Å². The summed E-state index contributed by atoms with van der Waals surface area (Å²) in [7, 11) is 8.79. The zero-order chi connectivity index (χ0) is 18.5. The molecule has 0 bridgehead atoms. The second-order valence-electron chi connectivity index (χ2n) is 8.21. The number of fused-ring (bicyclic) bond motifs is 1. The van der Waals surface area contributed by atoms with E-state index in [0.29, 0.717) is 6.04 Å². The first-order valence-electron chi connectivity index (χ1n) is 10.1. The summed E-state index contributed by atoms with van der Waals surface area (Å²) in [6, 6.07) is 7.76. The molecule has 1 atom stereocenters. The number of hydrogen-bond donors (Lipinski definition) is 0. The highest BCUT2D eigenvalue weighted by Crippen LogP contribution is 2.29. The normalized spacial score (nSPS) is 22.2. The highest BCUT2D eigenvalue weighted by molar-refractivity contribution is 7.97. The van der Waals surface area contributed by atoms with Crippen LogP contribution in [0.3, 0.4) is 0 Å². The molecule has 1 unspecified atom stereocenters. The van der Waals surface area contributed by atoms with Gasteiger partial charge in [-0.25, -0.2) is 0 Å². The minimum absolute atomic E-state index is 0.703. The van der Waals surface area contributed by atoms with Crippen LogP contribution in [0.2, 0.25) is 0 Å². The summed E-state index contributed by atoms with van der Waals surface area (Å²) < 4.78 is 2.17. The van der Waals surface area contributed by atoms with Gasteiger partial charge in [0.1, 0.15) is 0 Å². The number of nitrogens with zero attached hydrogens (tertiary/aromatic N) is 4. The van der Waals surface area contributed by atoms with E-state index in [-0.39, 0.29) is 0 Å². The van der Waals surface area contributed by atoms with Crippen molar-refractivity contribution in [3.05, 3.63) is 29.3 Å². The van der Waals surface area contributed by atoms with Crippen molar-refractivity contribution in [2.24, 2.45) is 0 Å². The molecule has 0 spiro atoms. The highest BCUT2D eigenvalue weighted by Gasteiger charge is 2.22. The molecule has 0 saturated carbocycles. The van der Waals surface area contributed by atoms with Crippen LogP contribution >= 0.6 is 11.9 Å². The molecule has 1 aliphatic heterocycles. The molecule has 3 rings (SSSR count). The summed E-state index contributed by atoms with van der Waals surface area (Å²) in [5.74, 6) is 0. The Hall–Kier alpha value is -0.590. The average molecular weight is 377 g/mol. The molecule has 1 aromatic carbocycles. The molecule has 0 aromatic heterocycles. The van der Waals surface area contributed by atoms with Crippen LogP contribution in [0, 0.1) is 0 Å². The number of rotatable bonds is 7. The molecule has 1 saturated heterocycles. The van der Waals surface area contributed by atoms with Crippen molar-refractivity contribution in [1.29, 1.82) is 0 Å². The van der Waals surface area contributed by atoms with E-state index >= 15 is 0 Å². The lowest BCUT2D eigenvalue weighted by Crippen LogP contribution is -2.45. The Morgan fingerprint density at radius 2 is 1.85 bits per heavy atom. The fraction of sp³-hybridized carbons (Fsp3) is 0.714. The lowest BCUT2D eigenvalue weighted by atomic mass is 9.87. The quantitative estimate of drug-likeness (QED) is 0.677. The van der Waals surface area contributed by atoms with Crippen LogP contribution in [0.1, 0.15) is 24.0 Å². The largest absolute Gasteiger partial charge is 0.304 e. The molecule has 146 valence electrons. The molecule has 4 nitrogen and oxygen atoms in total. The standard InChI is InChI=1S/C21H36N4S/c1-22(2)26-21-9-7-18-6-8-20(16-19(18)17-21)24(4)10-5-11-25-14-12-23(3)13-15-25/h7,9,17,20H,5-6,8,10-16H2,1-4H3. The topological polar surface area (TPSA) is 13.0 Å². The molecular weight excluding hydrogens is 340 g/mol. The molecule has 2 aliphatic rings. The zero-order valence-corrected chi connectivity index (χ0v) is 17.9. The molecule has 1 fully saturated rings. The van der Waals surface area contributed by atoms with E-state index < -0.39 is 0 Å². The summed E-state index contributed by atoms with van der Waals surface area (Å²) in [6.07, 6.45) is 5.04. The minimum Gasteiger partial charge on any atom is -0.304 e. The lowest BCUT2D eigenvalue weighted by molar-refractivity contribution is 0.142. The Morgan fingerprint density at radius 1 is 1.08 bits per heavy atom. The third kappa shape index (κ3) is 5.70. The van der Waals surface area contributed by atoms with Crippen LogP contribution in [-0.4, -0.2) is 92.5 Å². The summed E-state index contributed by atoms with van der Waals surface area (Å²) in [6.45, 7) is 7.40. The smallest absolute Gasteiger partial charge is 0.0233 e. The molecule has 26 heavy (non-hydrogen) atoms. The zero-order valence-electron chi connectivity index (χ0n) is 17.1. The van der Waals surface area contributed by atoms with E-state index in [1.807, 2.05) is 11.9 Å². The van der Waals surface area contributed by atoms with E-state index in [4.69, 9.17) is 0 Å². The monoisotopic (exact) mass is 376 g/mol. The van der Waals surface area contributed by atoms with Crippen LogP contribution in [0.4, 0.5) is 0 Å². The Kier molecular flexibility index (Phi) is 7.41. The summed E-state index contributed by atoms with van der Waals surface area (Å²) in [5, 5.41) is 0. The van der Waals surface area contributed by atoms with Crippen LogP contribution in [0.15, 0.2) is 23.1 Å². The maximum absolute atomic E-state index is 2.63. The summed E-state index contributed by atoms with van der Waals surface area (Å²) in [5.41, 5.74) is 3.13. The van der Waals surface area contributed by atoms with Gasteiger partial charge in [-0.05, 0) is 102 Å². The van der Waals surface area contributed by atoms with E-state index in [1.165, 1.54) is 69.8 Å². The first-order valence-corrected chi connectivity index (χ1v) is 10.9. The van der Waals surface area contributed by atoms with E-state index in [9.17, 15) is 0 Å². The highest BCUT2D eigenvalue weighted by atomic mass is 32.2. The van der Waals surface area contributed by atoms with Crippen molar-refractivity contribution in [3.8, 4) is 0 Å². The summed E-state index contributed by atoms with van der Waals surface area (Å²) >= 11 is 1.82. The number of hydrogen-bond acceptors (Lipinski definition) is 5. The first kappa shape index (κ1) is 20.2. The third-order valence-corrected chi connectivity index (χ3v) is 6.70. The van der Waals surface area contributed by atoms with Crippen molar-refractivity contribution in [3.63, 3.8) is 0 Å². The third-order valence-electron chi connectivity index (χ3n) is 5.87. The predicted octanol–water partition coefficient (Wildman–Crippen LogP) is 2.68. The second-order valence-corrected chi connectivity index (χ2v) is 9.59. The average Bonchev–Trinajstić information content (AvgIpc) is 2.62. The van der Waals surface area contributed by atoms with Crippen molar-refractivity contribution in [2.75, 3.05) is 67.5 Å². The fourth-order valence-corrected chi connectivity index (χ4v) is 4.90. The fourth-order valence-electron chi connectivity index (χ4n) is 4.16. The van der Waals surface area contributed by atoms with E-state index in [1.54, 1.807) is 11.1 Å². The van der Waals surface area contributed by atoms with Crippen molar-refractivity contribution in [2.45, 2.75) is 36.6 Å². The molecule has 1 heterocycles. The first-order chi connectivity index (χ1) is 12.5. The van der Waals surface area contributed by atoms with Gasteiger partial charge in [0.15, 0.2) is 0 Å². The van der Waals surface area contributed by atoms with Crippen molar-refractivity contribution < 1.29 is 0 Å². The number of benzene rings is 1. The SMILES string of the molecule is CN1CCN(CCCN(C)C2CCc3ccc(SN(C)C)cc3C2)CC1. The van der Waals surface area contributed by atoms with Crippen LogP contribution in [0.25, 0.3) is 0 Å². The number of likely N-dealkylation sites (N-methyl/N-ethyl adjacent to an activating group) is 2. The van der Waals surface area contributed by atoms with Gasteiger partial charge in [-0.1, -0.05) is 6.07 Å². The molecular formula is C21H36N4S. The number of piperazine rings is 1. The second kappa shape index (κ2) is 9.56. The molecule has 0 radical (unpaired) electrons. The lowest BCUT2D eigenvalue weighted by Gasteiger charge is -2.35. The predicted molar refractivity (Wildman–Crippen MR) is 113 cm³/mol.